The molecule has 4 heteroatoms. The van der Waals surface area contributed by atoms with E-state index in [1.54, 1.807) is 6.20 Å². The number of halogens is 1. The normalized spacial score (nSPS) is 10.1. The fraction of sp³-hybridized carbons (Fsp3) is 0.286. The van der Waals surface area contributed by atoms with Crippen LogP contribution in [0.25, 0.3) is 0 Å². The fourth-order valence-electron chi connectivity index (χ4n) is 0.677. The maximum atomic E-state index is 12.8. The van der Waals surface area contributed by atoms with Crippen LogP contribution in [0.2, 0.25) is 0 Å². The van der Waals surface area contributed by atoms with Crippen molar-refractivity contribution in [1.29, 1.82) is 0 Å². The molecule has 1 N–H and O–H groups in total. The van der Waals surface area contributed by atoms with Crippen LogP contribution in [0, 0.1) is 5.82 Å². The molecule has 0 spiro atoms. The average molecular weight is 173 g/mol. The molecule has 0 aliphatic carbocycles. The molecule has 11 heavy (non-hydrogen) atoms. The highest BCUT2D eigenvalue weighted by molar-refractivity contribution is 7.98. The Morgan fingerprint density at radius 1 is 1.73 bits per heavy atom. The summed E-state index contributed by atoms with van der Waals surface area (Å²) in [6.45, 7) is -0.347. The van der Waals surface area contributed by atoms with Gasteiger partial charge in [0.2, 0.25) is 0 Å². The summed E-state index contributed by atoms with van der Waals surface area (Å²) in [5.74, 6) is -0.445. The number of rotatable bonds is 2. The Morgan fingerprint density at radius 2 is 2.45 bits per heavy atom. The van der Waals surface area contributed by atoms with Crippen molar-refractivity contribution in [2.45, 2.75) is 11.5 Å². The van der Waals surface area contributed by atoms with Gasteiger partial charge in [-0.3, -0.25) is 4.98 Å². The summed E-state index contributed by atoms with van der Waals surface area (Å²) in [4.78, 5) is 4.49. The monoisotopic (exact) mass is 173 g/mol. The van der Waals surface area contributed by atoms with Gasteiger partial charge < -0.3 is 5.11 Å². The number of hydrogen-bond acceptors (Lipinski definition) is 3. The van der Waals surface area contributed by atoms with Crippen LogP contribution in [-0.2, 0) is 6.61 Å². The molecule has 0 saturated heterocycles. The molecule has 0 aromatic carbocycles. The van der Waals surface area contributed by atoms with Crippen LogP contribution >= 0.6 is 11.8 Å². The molecule has 0 bridgehead atoms. The van der Waals surface area contributed by atoms with Crippen LogP contribution in [0.1, 0.15) is 5.69 Å². The van der Waals surface area contributed by atoms with Gasteiger partial charge in [0.1, 0.15) is 11.5 Å². The minimum atomic E-state index is -0.445. The lowest BCUT2D eigenvalue weighted by Crippen LogP contribution is -1.93. The van der Waals surface area contributed by atoms with Gasteiger partial charge in [0.15, 0.2) is 0 Å². The summed E-state index contributed by atoms with van der Waals surface area (Å²) in [7, 11) is 0. The number of aliphatic hydroxyl groups excluding tert-OH is 1. The molecule has 1 heterocycles. The number of aromatic nitrogens is 1. The zero-order chi connectivity index (χ0) is 8.27. The summed E-state index contributed by atoms with van der Waals surface area (Å²) < 4.78 is 12.8. The molecule has 2 nitrogen and oxygen atoms in total. The van der Waals surface area contributed by atoms with Gasteiger partial charge in [0.05, 0.1) is 6.61 Å². The second-order valence-corrected chi connectivity index (χ2v) is 2.84. The Kier molecular flexibility index (Phi) is 2.84. The molecule has 0 saturated carbocycles. The first-order valence-electron chi connectivity index (χ1n) is 3.07. The van der Waals surface area contributed by atoms with E-state index in [1.165, 1.54) is 17.8 Å². The molecule has 0 aliphatic rings. The first-order chi connectivity index (χ1) is 5.27. The minimum Gasteiger partial charge on any atom is -0.390 e. The molecule has 60 valence electrons. The second-order valence-electron chi connectivity index (χ2n) is 1.96. The summed E-state index contributed by atoms with van der Waals surface area (Å²) in [5, 5.41) is 8.57. The molecule has 1 aromatic rings. The number of aliphatic hydroxyl groups is 1. The highest BCUT2D eigenvalue weighted by Gasteiger charge is 2.02. The fourth-order valence-corrected chi connectivity index (χ4v) is 1.06. The molecule has 0 atom stereocenters. The zero-order valence-corrected chi connectivity index (χ0v) is 6.86. The Morgan fingerprint density at radius 3 is 2.91 bits per heavy atom. The van der Waals surface area contributed by atoms with E-state index in [-0.39, 0.29) is 12.3 Å². The number of thioether (sulfide) groups is 1. The first kappa shape index (κ1) is 8.49. The number of pyridine rings is 1. The van der Waals surface area contributed by atoms with E-state index in [2.05, 4.69) is 4.98 Å². The minimum absolute atomic E-state index is 0.0998. The van der Waals surface area contributed by atoms with E-state index in [0.717, 1.165) is 4.90 Å². The molecule has 1 rings (SSSR count). The molecular weight excluding hydrogens is 165 g/mol. The quantitative estimate of drug-likeness (QED) is 0.687. The largest absolute Gasteiger partial charge is 0.390 e. The van der Waals surface area contributed by atoms with E-state index in [4.69, 9.17) is 5.11 Å². The van der Waals surface area contributed by atoms with E-state index >= 15 is 0 Å². The summed E-state index contributed by atoms with van der Waals surface area (Å²) in [6.07, 6.45) is 3.38. The molecule has 0 fully saturated rings. The predicted molar refractivity (Wildman–Crippen MR) is 41.9 cm³/mol. The Bertz CT molecular complexity index is 254. The average Bonchev–Trinajstić information content (AvgIpc) is 2.04. The summed E-state index contributed by atoms with van der Waals surface area (Å²) in [6, 6.07) is 1.36. The number of hydrogen-bond donors (Lipinski definition) is 1. The molecule has 0 unspecified atom stereocenters. The van der Waals surface area contributed by atoms with Gasteiger partial charge in [-0.25, -0.2) is 4.39 Å². The number of nitrogens with zero attached hydrogens (tertiary/aromatic N) is 1. The standard InChI is InChI=1S/C7H8FNOS/c1-11-5-2-6(8)7(4-10)9-3-5/h2-3,10H,4H2,1H3. The van der Waals surface area contributed by atoms with Crippen molar-refractivity contribution >= 4 is 11.8 Å². The van der Waals surface area contributed by atoms with Crippen molar-refractivity contribution < 1.29 is 9.50 Å². The van der Waals surface area contributed by atoms with Crippen molar-refractivity contribution in [2.24, 2.45) is 0 Å². The predicted octanol–water partition coefficient (Wildman–Crippen LogP) is 1.43. The Hall–Kier alpha value is -0.610. The van der Waals surface area contributed by atoms with Crippen molar-refractivity contribution in [2.75, 3.05) is 6.26 Å². The van der Waals surface area contributed by atoms with E-state index < -0.39 is 5.82 Å². The Balaban J connectivity index is 2.99. The van der Waals surface area contributed by atoms with E-state index in [0.29, 0.717) is 0 Å². The second kappa shape index (κ2) is 3.69. The third kappa shape index (κ3) is 1.91. The van der Waals surface area contributed by atoms with Crippen molar-refractivity contribution in [1.82, 2.24) is 4.98 Å². The third-order valence-corrected chi connectivity index (χ3v) is 1.97. The van der Waals surface area contributed by atoms with Crippen molar-refractivity contribution in [3.8, 4) is 0 Å². The van der Waals surface area contributed by atoms with Crippen molar-refractivity contribution in [3.05, 3.63) is 23.8 Å². The van der Waals surface area contributed by atoms with Crippen LogP contribution in [0.15, 0.2) is 17.2 Å². The van der Waals surface area contributed by atoms with Gasteiger partial charge in [-0.15, -0.1) is 11.8 Å². The SMILES string of the molecule is CSc1cnc(CO)c(F)c1. The van der Waals surface area contributed by atoms with Crippen LogP contribution in [0.3, 0.4) is 0 Å². The summed E-state index contributed by atoms with van der Waals surface area (Å²) in [5.41, 5.74) is 0.0998. The topological polar surface area (TPSA) is 33.1 Å². The van der Waals surface area contributed by atoms with E-state index in [9.17, 15) is 4.39 Å². The highest BCUT2D eigenvalue weighted by Crippen LogP contribution is 2.15. The van der Waals surface area contributed by atoms with Crippen molar-refractivity contribution in [3.63, 3.8) is 0 Å². The molecule has 0 aliphatic heterocycles. The van der Waals surface area contributed by atoms with Gasteiger partial charge in [-0.05, 0) is 12.3 Å². The molecule has 0 amide bonds. The lowest BCUT2D eigenvalue weighted by Gasteiger charge is -1.99. The maximum absolute atomic E-state index is 12.8. The lowest BCUT2D eigenvalue weighted by molar-refractivity contribution is 0.269. The van der Waals surface area contributed by atoms with Gasteiger partial charge in [0, 0.05) is 11.1 Å². The molecular formula is C7H8FNOS. The smallest absolute Gasteiger partial charge is 0.148 e. The van der Waals surface area contributed by atoms with E-state index in [1.807, 2.05) is 6.26 Å². The zero-order valence-electron chi connectivity index (χ0n) is 6.04. The highest BCUT2D eigenvalue weighted by atomic mass is 32.2. The van der Waals surface area contributed by atoms with Crippen LogP contribution in [-0.4, -0.2) is 16.3 Å². The van der Waals surface area contributed by atoms with Crippen LogP contribution in [0.5, 0.6) is 0 Å². The lowest BCUT2D eigenvalue weighted by atomic mass is 10.3. The van der Waals surface area contributed by atoms with Gasteiger partial charge in [0.25, 0.3) is 0 Å². The maximum Gasteiger partial charge on any atom is 0.148 e. The van der Waals surface area contributed by atoms with Crippen LogP contribution < -0.4 is 0 Å². The van der Waals surface area contributed by atoms with Gasteiger partial charge in [-0.2, -0.15) is 0 Å². The molecule has 0 radical (unpaired) electrons. The summed E-state index contributed by atoms with van der Waals surface area (Å²) >= 11 is 1.42. The third-order valence-electron chi connectivity index (χ3n) is 1.28. The Labute approximate surface area is 68.5 Å². The molecule has 1 aromatic heterocycles. The van der Waals surface area contributed by atoms with Crippen LogP contribution in [0.4, 0.5) is 4.39 Å². The van der Waals surface area contributed by atoms with Gasteiger partial charge in [-0.1, -0.05) is 0 Å². The first-order valence-corrected chi connectivity index (χ1v) is 4.29. The van der Waals surface area contributed by atoms with Gasteiger partial charge >= 0.3 is 0 Å².